The first kappa shape index (κ1) is 13.9. The fourth-order valence-corrected chi connectivity index (χ4v) is 4.07. The van der Waals surface area contributed by atoms with Gasteiger partial charge >= 0.3 is 0 Å². The van der Waals surface area contributed by atoms with Crippen molar-refractivity contribution in [2.24, 2.45) is 17.8 Å². The van der Waals surface area contributed by atoms with Crippen molar-refractivity contribution in [1.82, 2.24) is 10.2 Å². The largest absolute Gasteiger partial charge is 0.314 e. The minimum Gasteiger partial charge on any atom is -0.314 e. The molecule has 2 atom stereocenters. The van der Waals surface area contributed by atoms with E-state index in [0.29, 0.717) is 0 Å². The Morgan fingerprint density at radius 3 is 2.42 bits per heavy atom. The number of hydrogen-bond donors (Lipinski definition) is 1. The summed E-state index contributed by atoms with van der Waals surface area (Å²) in [7, 11) is 0. The second kappa shape index (κ2) is 6.58. The lowest BCUT2D eigenvalue weighted by Gasteiger charge is -2.36. The summed E-state index contributed by atoms with van der Waals surface area (Å²) in [6.07, 6.45) is 11.7. The molecule has 1 aliphatic heterocycles. The first-order valence-corrected chi connectivity index (χ1v) is 8.75. The standard InChI is InChI=1S/C17H32N2/c1-14-3-2-4-16(11-14)13-19-9-7-17(8-10-19)18-12-15-5-6-15/h14-18H,2-13H2,1H3. The van der Waals surface area contributed by atoms with Crippen molar-refractivity contribution in [1.29, 1.82) is 0 Å². The molecule has 2 unspecified atom stereocenters. The number of likely N-dealkylation sites (tertiary alicyclic amines) is 1. The quantitative estimate of drug-likeness (QED) is 0.820. The van der Waals surface area contributed by atoms with Crippen molar-refractivity contribution < 1.29 is 0 Å². The maximum absolute atomic E-state index is 3.79. The molecule has 2 aliphatic carbocycles. The lowest BCUT2D eigenvalue weighted by Crippen LogP contribution is -2.44. The van der Waals surface area contributed by atoms with Gasteiger partial charge in [0.15, 0.2) is 0 Å². The molecule has 1 heterocycles. The van der Waals surface area contributed by atoms with Crippen LogP contribution in [-0.2, 0) is 0 Å². The van der Waals surface area contributed by atoms with Gasteiger partial charge in [0, 0.05) is 12.6 Å². The van der Waals surface area contributed by atoms with E-state index in [9.17, 15) is 0 Å². The fraction of sp³-hybridized carbons (Fsp3) is 1.00. The lowest BCUT2D eigenvalue weighted by atomic mass is 9.82. The molecule has 0 amide bonds. The second-order valence-corrected chi connectivity index (χ2v) is 7.56. The Hall–Kier alpha value is -0.0800. The van der Waals surface area contributed by atoms with Crippen LogP contribution in [0.1, 0.15) is 58.3 Å². The van der Waals surface area contributed by atoms with Gasteiger partial charge in [-0.15, -0.1) is 0 Å². The van der Waals surface area contributed by atoms with E-state index < -0.39 is 0 Å². The summed E-state index contributed by atoms with van der Waals surface area (Å²) in [5, 5.41) is 3.79. The Labute approximate surface area is 119 Å². The topological polar surface area (TPSA) is 15.3 Å². The van der Waals surface area contributed by atoms with Crippen LogP contribution in [0.5, 0.6) is 0 Å². The van der Waals surface area contributed by atoms with Crippen molar-refractivity contribution in [3.05, 3.63) is 0 Å². The van der Waals surface area contributed by atoms with Crippen LogP contribution in [0.2, 0.25) is 0 Å². The summed E-state index contributed by atoms with van der Waals surface area (Å²) in [5.74, 6) is 3.01. The zero-order valence-corrected chi connectivity index (χ0v) is 12.7. The number of nitrogens with zero attached hydrogens (tertiary/aromatic N) is 1. The molecule has 3 aliphatic rings. The molecular weight excluding hydrogens is 232 g/mol. The molecule has 3 fully saturated rings. The number of rotatable bonds is 5. The van der Waals surface area contributed by atoms with Gasteiger partial charge in [-0.25, -0.2) is 0 Å². The molecule has 1 saturated heterocycles. The van der Waals surface area contributed by atoms with Gasteiger partial charge in [0.25, 0.3) is 0 Å². The van der Waals surface area contributed by atoms with Crippen LogP contribution >= 0.6 is 0 Å². The molecule has 0 aromatic heterocycles. The maximum Gasteiger partial charge on any atom is 0.00915 e. The summed E-state index contributed by atoms with van der Waals surface area (Å²) < 4.78 is 0. The molecule has 0 radical (unpaired) electrons. The molecule has 1 N–H and O–H groups in total. The molecule has 2 saturated carbocycles. The van der Waals surface area contributed by atoms with E-state index in [-0.39, 0.29) is 0 Å². The third-order valence-electron chi connectivity index (χ3n) is 5.54. The highest BCUT2D eigenvalue weighted by Gasteiger charge is 2.26. The SMILES string of the molecule is CC1CCCC(CN2CCC(NCC3CC3)CC2)C1. The highest BCUT2D eigenvalue weighted by molar-refractivity contribution is 4.83. The van der Waals surface area contributed by atoms with Gasteiger partial charge in [-0.2, -0.15) is 0 Å². The van der Waals surface area contributed by atoms with E-state index in [4.69, 9.17) is 0 Å². The number of hydrogen-bond acceptors (Lipinski definition) is 2. The molecule has 2 heteroatoms. The third-order valence-corrected chi connectivity index (χ3v) is 5.54. The number of piperidine rings is 1. The lowest BCUT2D eigenvalue weighted by molar-refractivity contribution is 0.143. The van der Waals surface area contributed by atoms with Gasteiger partial charge in [-0.3, -0.25) is 0 Å². The smallest absolute Gasteiger partial charge is 0.00915 e. The maximum atomic E-state index is 3.79. The second-order valence-electron chi connectivity index (χ2n) is 7.56. The molecule has 0 aromatic carbocycles. The van der Waals surface area contributed by atoms with Gasteiger partial charge < -0.3 is 10.2 Å². The van der Waals surface area contributed by atoms with Crippen LogP contribution in [-0.4, -0.2) is 37.1 Å². The monoisotopic (exact) mass is 264 g/mol. The molecule has 3 rings (SSSR count). The summed E-state index contributed by atoms with van der Waals surface area (Å²) in [5.41, 5.74) is 0. The predicted molar refractivity (Wildman–Crippen MR) is 81.3 cm³/mol. The van der Waals surface area contributed by atoms with Crippen LogP contribution < -0.4 is 5.32 Å². The van der Waals surface area contributed by atoms with Gasteiger partial charge in [0.1, 0.15) is 0 Å². The fourth-order valence-electron chi connectivity index (χ4n) is 4.07. The highest BCUT2D eigenvalue weighted by Crippen LogP contribution is 2.30. The van der Waals surface area contributed by atoms with Crippen molar-refractivity contribution in [2.45, 2.75) is 64.3 Å². The van der Waals surface area contributed by atoms with E-state index in [2.05, 4.69) is 17.1 Å². The van der Waals surface area contributed by atoms with E-state index in [0.717, 1.165) is 23.8 Å². The van der Waals surface area contributed by atoms with Crippen molar-refractivity contribution >= 4 is 0 Å². The van der Waals surface area contributed by atoms with Crippen LogP contribution in [0.25, 0.3) is 0 Å². The molecule has 0 spiro atoms. The predicted octanol–water partition coefficient (Wildman–Crippen LogP) is 3.28. The Bertz CT molecular complexity index is 266. The normalized spacial score (nSPS) is 34.6. The minimum atomic E-state index is 0.821. The molecule has 0 bridgehead atoms. The summed E-state index contributed by atoms with van der Waals surface area (Å²) in [6, 6.07) is 0.821. The van der Waals surface area contributed by atoms with Gasteiger partial charge in [-0.1, -0.05) is 19.8 Å². The average molecular weight is 264 g/mol. The van der Waals surface area contributed by atoms with E-state index >= 15 is 0 Å². The zero-order chi connectivity index (χ0) is 13.1. The summed E-state index contributed by atoms with van der Waals surface area (Å²) in [6.45, 7) is 7.81. The Kier molecular flexibility index (Phi) is 4.81. The van der Waals surface area contributed by atoms with E-state index in [1.807, 2.05) is 0 Å². The van der Waals surface area contributed by atoms with Crippen LogP contribution in [0.3, 0.4) is 0 Å². The Morgan fingerprint density at radius 1 is 0.947 bits per heavy atom. The molecule has 2 nitrogen and oxygen atoms in total. The van der Waals surface area contributed by atoms with Crippen molar-refractivity contribution in [2.75, 3.05) is 26.2 Å². The van der Waals surface area contributed by atoms with Crippen molar-refractivity contribution in [3.8, 4) is 0 Å². The van der Waals surface area contributed by atoms with Crippen molar-refractivity contribution in [3.63, 3.8) is 0 Å². The van der Waals surface area contributed by atoms with Crippen LogP contribution in [0.4, 0.5) is 0 Å². The Morgan fingerprint density at radius 2 is 1.74 bits per heavy atom. The first-order valence-electron chi connectivity index (χ1n) is 8.75. The Balaban J connectivity index is 1.32. The molecule has 19 heavy (non-hydrogen) atoms. The third kappa shape index (κ3) is 4.46. The van der Waals surface area contributed by atoms with Gasteiger partial charge in [-0.05, 0) is 75.9 Å². The van der Waals surface area contributed by atoms with Gasteiger partial charge in [0.2, 0.25) is 0 Å². The minimum absolute atomic E-state index is 0.821. The van der Waals surface area contributed by atoms with Crippen LogP contribution in [0.15, 0.2) is 0 Å². The van der Waals surface area contributed by atoms with Crippen LogP contribution in [0, 0.1) is 17.8 Å². The molecular formula is C17H32N2. The first-order chi connectivity index (χ1) is 9.29. The highest BCUT2D eigenvalue weighted by atomic mass is 15.1. The summed E-state index contributed by atoms with van der Waals surface area (Å²) in [4.78, 5) is 2.75. The number of nitrogens with one attached hydrogen (secondary N) is 1. The molecule has 0 aromatic rings. The molecule has 110 valence electrons. The summed E-state index contributed by atoms with van der Waals surface area (Å²) >= 11 is 0. The average Bonchev–Trinajstić information content (AvgIpc) is 3.22. The van der Waals surface area contributed by atoms with E-state index in [1.54, 1.807) is 0 Å². The van der Waals surface area contributed by atoms with Gasteiger partial charge in [0.05, 0.1) is 0 Å². The van der Waals surface area contributed by atoms with E-state index in [1.165, 1.54) is 77.5 Å². The zero-order valence-electron chi connectivity index (χ0n) is 12.7.